The van der Waals surface area contributed by atoms with Gasteiger partial charge in [0.05, 0.1) is 33.3 Å². The Hall–Kier alpha value is -3.46. The molecule has 2 aromatic rings. The average molecular weight is 403 g/mol. The van der Waals surface area contributed by atoms with Crippen LogP contribution in [0.5, 0.6) is 0 Å². The molecule has 0 aromatic heterocycles. The standard InChI is InChI=1S/C18H15ClN4O5/c19-14-9-11(23(27)28)5-6-12(14)17(25)21-15-4-2-1-3-13(15)18(26)22-8-7-20-16(24)10-22/h1-6,9H,7-8,10H2,(H,20,24)(H,21,25). The Bertz CT molecular complexity index is 978. The van der Waals surface area contributed by atoms with E-state index < -0.39 is 10.8 Å². The number of hydrogen-bond acceptors (Lipinski definition) is 5. The second-order valence-corrected chi connectivity index (χ2v) is 6.40. The molecule has 0 spiro atoms. The van der Waals surface area contributed by atoms with E-state index in [1.165, 1.54) is 17.0 Å². The second-order valence-electron chi connectivity index (χ2n) is 6.00. The van der Waals surface area contributed by atoms with Crippen molar-refractivity contribution in [2.45, 2.75) is 0 Å². The van der Waals surface area contributed by atoms with Crippen molar-refractivity contribution in [3.05, 3.63) is 68.7 Å². The van der Waals surface area contributed by atoms with Crippen molar-refractivity contribution in [1.29, 1.82) is 0 Å². The molecular formula is C18H15ClN4O5. The molecule has 0 bridgehead atoms. The maximum Gasteiger partial charge on any atom is 0.270 e. The Balaban J connectivity index is 1.83. The molecule has 0 atom stereocenters. The lowest BCUT2D eigenvalue weighted by molar-refractivity contribution is -0.384. The molecule has 1 fully saturated rings. The average Bonchev–Trinajstić information content (AvgIpc) is 2.67. The summed E-state index contributed by atoms with van der Waals surface area (Å²) in [6, 6.07) is 9.88. The predicted octanol–water partition coefficient (Wildman–Crippen LogP) is 2.07. The van der Waals surface area contributed by atoms with Gasteiger partial charge in [0.15, 0.2) is 0 Å². The smallest absolute Gasteiger partial charge is 0.270 e. The zero-order chi connectivity index (χ0) is 20.3. The van der Waals surface area contributed by atoms with Crippen LogP contribution in [0.15, 0.2) is 42.5 Å². The molecule has 9 nitrogen and oxygen atoms in total. The molecule has 0 radical (unpaired) electrons. The van der Waals surface area contributed by atoms with Crippen LogP contribution in [0.3, 0.4) is 0 Å². The molecule has 3 rings (SSSR count). The highest BCUT2D eigenvalue weighted by molar-refractivity contribution is 6.34. The summed E-state index contributed by atoms with van der Waals surface area (Å²) in [5.74, 6) is -1.25. The van der Waals surface area contributed by atoms with E-state index in [1.807, 2.05) is 0 Å². The van der Waals surface area contributed by atoms with Crippen LogP contribution in [-0.4, -0.2) is 47.2 Å². The van der Waals surface area contributed by atoms with Crippen LogP contribution in [0.4, 0.5) is 11.4 Å². The third-order valence-corrected chi connectivity index (χ3v) is 4.45. The van der Waals surface area contributed by atoms with Gasteiger partial charge in [-0.15, -0.1) is 0 Å². The highest BCUT2D eigenvalue weighted by Gasteiger charge is 2.25. The van der Waals surface area contributed by atoms with Crippen LogP contribution in [0.2, 0.25) is 5.02 Å². The summed E-state index contributed by atoms with van der Waals surface area (Å²) in [6.07, 6.45) is 0. The number of hydrogen-bond donors (Lipinski definition) is 2. The normalized spacial score (nSPS) is 13.6. The number of nitro groups is 1. The van der Waals surface area contributed by atoms with Crippen molar-refractivity contribution in [3.63, 3.8) is 0 Å². The van der Waals surface area contributed by atoms with Gasteiger partial charge in [0.1, 0.15) is 0 Å². The lowest BCUT2D eigenvalue weighted by atomic mass is 10.1. The minimum absolute atomic E-state index is 0.0341. The van der Waals surface area contributed by atoms with Crippen molar-refractivity contribution in [2.24, 2.45) is 0 Å². The Morgan fingerprint density at radius 2 is 1.93 bits per heavy atom. The second kappa shape index (κ2) is 8.05. The van der Waals surface area contributed by atoms with Crippen molar-refractivity contribution in [2.75, 3.05) is 25.0 Å². The maximum atomic E-state index is 12.8. The molecule has 0 aliphatic carbocycles. The van der Waals surface area contributed by atoms with Crippen LogP contribution < -0.4 is 10.6 Å². The number of nitrogens with zero attached hydrogens (tertiary/aromatic N) is 2. The fourth-order valence-electron chi connectivity index (χ4n) is 2.75. The lowest BCUT2D eigenvalue weighted by Crippen LogP contribution is -2.50. The fraction of sp³-hybridized carbons (Fsp3) is 0.167. The van der Waals surface area contributed by atoms with Gasteiger partial charge in [-0.1, -0.05) is 23.7 Å². The van der Waals surface area contributed by atoms with Crippen LogP contribution in [0.25, 0.3) is 0 Å². The number of piperazine rings is 1. The van der Waals surface area contributed by atoms with E-state index in [2.05, 4.69) is 10.6 Å². The summed E-state index contributed by atoms with van der Waals surface area (Å²) < 4.78 is 0. The minimum atomic E-state index is -0.615. The van der Waals surface area contributed by atoms with Crippen LogP contribution in [-0.2, 0) is 4.79 Å². The fourth-order valence-corrected chi connectivity index (χ4v) is 3.01. The van der Waals surface area contributed by atoms with Gasteiger partial charge >= 0.3 is 0 Å². The van der Waals surface area contributed by atoms with E-state index in [0.717, 1.165) is 6.07 Å². The first-order valence-corrected chi connectivity index (χ1v) is 8.65. The number of halogens is 1. The molecular weight excluding hydrogens is 388 g/mol. The summed E-state index contributed by atoms with van der Waals surface area (Å²) in [7, 11) is 0. The van der Waals surface area contributed by atoms with Crippen molar-refractivity contribution >= 4 is 40.7 Å². The molecule has 2 aromatic carbocycles. The van der Waals surface area contributed by atoms with E-state index in [9.17, 15) is 24.5 Å². The van der Waals surface area contributed by atoms with Crippen molar-refractivity contribution in [3.8, 4) is 0 Å². The van der Waals surface area contributed by atoms with Crippen LogP contribution in [0, 0.1) is 10.1 Å². The summed E-state index contributed by atoms with van der Waals surface area (Å²) in [4.78, 5) is 48.4. The van der Waals surface area contributed by atoms with Gasteiger partial charge in [0.2, 0.25) is 5.91 Å². The van der Waals surface area contributed by atoms with Gasteiger partial charge in [0.25, 0.3) is 17.5 Å². The van der Waals surface area contributed by atoms with Crippen LogP contribution >= 0.6 is 11.6 Å². The topological polar surface area (TPSA) is 122 Å². The van der Waals surface area contributed by atoms with E-state index in [0.29, 0.717) is 13.1 Å². The van der Waals surface area contributed by atoms with Crippen molar-refractivity contribution in [1.82, 2.24) is 10.2 Å². The molecule has 0 saturated carbocycles. The molecule has 3 amide bonds. The van der Waals surface area contributed by atoms with E-state index in [1.54, 1.807) is 24.3 Å². The molecule has 10 heteroatoms. The summed E-state index contributed by atoms with van der Waals surface area (Å²) >= 11 is 5.99. The Kier molecular flexibility index (Phi) is 5.55. The molecule has 1 saturated heterocycles. The molecule has 28 heavy (non-hydrogen) atoms. The third kappa shape index (κ3) is 4.09. The Morgan fingerprint density at radius 3 is 2.61 bits per heavy atom. The number of benzene rings is 2. The van der Waals surface area contributed by atoms with E-state index in [-0.39, 0.29) is 45.9 Å². The number of nitrogens with one attached hydrogen (secondary N) is 2. The van der Waals surface area contributed by atoms with Gasteiger partial charge in [-0.05, 0) is 18.2 Å². The number of rotatable bonds is 4. The first kappa shape index (κ1) is 19.3. The summed E-state index contributed by atoms with van der Waals surface area (Å²) in [6.45, 7) is 0.661. The quantitative estimate of drug-likeness (QED) is 0.598. The highest BCUT2D eigenvalue weighted by atomic mass is 35.5. The lowest BCUT2D eigenvalue weighted by Gasteiger charge is -2.27. The third-order valence-electron chi connectivity index (χ3n) is 4.14. The van der Waals surface area contributed by atoms with Gasteiger partial charge < -0.3 is 15.5 Å². The summed E-state index contributed by atoms with van der Waals surface area (Å²) in [5, 5.41) is 16.0. The minimum Gasteiger partial charge on any atom is -0.353 e. The molecule has 1 aliphatic heterocycles. The monoisotopic (exact) mass is 402 g/mol. The highest BCUT2D eigenvalue weighted by Crippen LogP contribution is 2.25. The van der Waals surface area contributed by atoms with Gasteiger partial charge in [-0.2, -0.15) is 0 Å². The van der Waals surface area contributed by atoms with Crippen molar-refractivity contribution < 1.29 is 19.3 Å². The number of para-hydroxylation sites is 1. The van der Waals surface area contributed by atoms with Gasteiger partial charge in [-0.3, -0.25) is 24.5 Å². The molecule has 2 N–H and O–H groups in total. The zero-order valence-electron chi connectivity index (χ0n) is 14.5. The van der Waals surface area contributed by atoms with Gasteiger partial charge in [0, 0.05) is 25.2 Å². The van der Waals surface area contributed by atoms with Crippen LogP contribution in [0.1, 0.15) is 20.7 Å². The largest absolute Gasteiger partial charge is 0.353 e. The molecule has 1 aliphatic rings. The molecule has 144 valence electrons. The summed E-state index contributed by atoms with van der Waals surface area (Å²) in [5.41, 5.74) is 0.272. The number of amides is 3. The number of non-ortho nitro benzene ring substituents is 1. The first-order chi connectivity index (χ1) is 13.4. The molecule has 0 unspecified atom stereocenters. The first-order valence-electron chi connectivity index (χ1n) is 8.27. The van der Waals surface area contributed by atoms with E-state index >= 15 is 0 Å². The Labute approximate surface area is 164 Å². The SMILES string of the molecule is O=C1CN(C(=O)c2ccccc2NC(=O)c2ccc([N+](=O)[O-])cc2Cl)CCN1. The van der Waals surface area contributed by atoms with E-state index in [4.69, 9.17) is 11.6 Å². The predicted molar refractivity (Wildman–Crippen MR) is 101 cm³/mol. The van der Waals surface area contributed by atoms with Gasteiger partial charge in [-0.25, -0.2) is 0 Å². The number of anilines is 1. The maximum absolute atomic E-state index is 12.8. The Morgan fingerprint density at radius 1 is 1.18 bits per heavy atom. The molecule has 1 heterocycles. The number of nitro benzene ring substituents is 1. The number of carbonyl (C=O) groups is 3. The zero-order valence-corrected chi connectivity index (χ0v) is 15.2. The number of carbonyl (C=O) groups excluding carboxylic acids is 3.